The second kappa shape index (κ2) is 10.2. The molecule has 3 rings (SSSR count). The van der Waals surface area contributed by atoms with Crippen LogP contribution < -0.4 is 10.5 Å². The second-order valence-electron chi connectivity index (χ2n) is 8.94. The normalized spacial score (nSPS) is 11.7. The summed E-state index contributed by atoms with van der Waals surface area (Å²) < 4.78 is 33.1. The third kappa shape index (κ3) is 6.52. The van der Waals surface area contributed by atoms with Crippen molar-refractivity contribution >= 4 is 21.9 Å². The maximum absolute atomic E-state index is 12.6. The maximum Gasteiger partial charge on any atom is 0.338 e. The number of amides is 1. The first-order valence-electron chi connectivity index (χ1n) is 10.7. The molecule has 0 radical (unpaired) electrons. The topological polar surface area (TPSA) is 116 Å². The molecule has 0 atom stereocenters. The fourth-order valence-electron chi connectivity index (χ4n) is 3.20. The van der Waals surface area contributed by atoms with Crippen LogP contribution in [0.3, 0.4) is 0 Å². The van der Waals surface area contributed by atoms with Gasteiger partial charge in [-0.1, -0.05) is 57.2 Å². The largest absolute Gasteiger partial charge is 0.457 e. The van der Waals surface area contributed by atoms with Gasteiger partial charge in [0.1, 0.15) is 6.61 Å². The molecule has 0 fully saturated rings. The van der Waals surface area contributed by atoms with Crippen LogP contribution in [0.25, 0.3) is 0 Å². The molecule has 0 bridgehead atoms. The van der Waals surface area contributed by atoms with Gasteiger partial charge in [0.05, 0.1) is 10.5 Å². The van der Waals surface area contributed by atoms with Gasteiger partial charge in [0, 0.05) is 12.1 Å². The first-order chi connectivity index (χ1) is 16.0. The SMILES string of the molecule is CC(C)(C)c1ccc(S(=O)(=O)NCc2ccc(C(=O)OCc3cccc(C(N)=O)c3)cc2)cc1. The van der Waals surface area contributed by atoms with E-state index < -0.39 is 21.9 Å². The lowest BCUT2D eigenvalue weighted by Gasteiger charge is -2.19. The second-order valence-corrected chi connectivity index (χ2v) is 10.7. The molecule has 0 spiro atoms. The molecule has 3 aromatic rings. The maximum atomic E-state index is 12.6. The summed E-state index contributed by atoms with van der Waals surface area (Å²) in [5, 5.41) is 0. The van der Waals surface area contributed by atoms with Crippen molar-refractivity contribution in [2.45, 2.75) is 44.2 Å². The Hall–Kier alpha value is -3.49. The number of ether oxygens (including phenoxy) is 1. The van der Waals surface area contributed by atoms with Gasteiger partial charge in [-0.05, 0) is 58.5 Å². The van der Waals surface area contributed by atoms with Gasteiger partial charge in [0.15, 0.2) is 0 Å². The average molecular weight is 481 g/mol. The molecule has 7 nitrogen and oxygen atoms in total. The van der Waals surface area contributed by atoms with Crippen molar-refractivity contribution in [3.8, 4) is 0 Å². The van der Waals surface area contributed by atoms with Crippen LogP contribution in [0.15, 0.2) is 77.7 Å². The summed E-state index contributed by atoms with van der Waals surface area (Å²) >= 11 is 0. The van der Waals surface area contributed by atoms with E-state index in [9.17, 15) is 18.0 Å². The summed E-state index contributed by atoms with van der Waals surface area (Å²) in [6.45, 7) is 6.27. The highest BCUT2D eigenvalue weighted by molar-refractivity contribution is 7.89. The van der Waals surface area contributed by atoms with Crippen LogP contribution in [0.1, 0.15) is 58.2 Å². The summed E-state index contributed by atoms with van der Waals surface area (Å²) in [5.41, 5.74) is 8.25. The van der Waals surface area contributed by atoms with Gasteiger partial charge < -0.3 is 10.5 Å². The number of hydrogen-bond acceptors (Lipinski definition) is 5. The zero-order valence-electron chi connectivity index (χ0n) is 19.4. The van der Waals surface area contributed by atoms with Crippen molar-refractivity contribution in [2.75, 3.05) is 0 Å². The summed E-state index contributed by atoms with van der Waals surface area (Å²) in [6.07, 6.45) is 0. The van der Waals surface area contributed by atoms with Crippen molar-refractivity contribution in [1.29, 1.82) is 0 Å². The van der Waals surface area contributed by atoms with Crippen molar-refractivity contribution in [2.24, 2.45) is 5.73 Å². The van der Waals surface area contributed by atoms with Gasteiger partial charge in [-0.15, -0.1) is 0 Å². The monoisotopic (exact) mass is 480 g/mol. The van der Waals surface area contributed by atoms with Crippen LogP contribution in [0.5, 0.6) is 0 Å². The fourth-order valence-corrected chi connectivity index (χ4v) is 4.22. The number of rotatable bonds is 8. The van der Waals surface area contributed by atoms with Crippen LogP contribution in [0.4, 0.5) is 0 Å². The van der Waals surface area contributed by atoms with Crippen LogP contribution in [-0.4, -0.2) is 20.3 Å². The predicted molar refractivity (Wildman–Crippen MR) is 130 cm³/mol. The minimum Gasteiger partial charge on any atom is -0.457 e. The van der Waals surface area contributed by atoms with E-state index in [0.29, 0.717) is 22.3 Å². The van der Waals surface area contributed by atoms with Gasteiger partial charge in [0.25, 0.3) is 0 Å². The van der Waals surface area contributed by atoms with E-state index in [-0.39, 0.29) is 23.5 Å². The molecule has 0 aliphatic rings. The molecule has 1 amide bonds. The van der Waals surface area contributed by atoms with E-state index in [1.807, 2.05) is 12.1 Å². The first kappa shape index (κ1) is 25.1. The predicted octanol–water partition coefficient (Wildman–Crippen LogP) is 3.92. The van der Waals surface area contributed by atoms with Crippen molar-refractivity contribution in [1.82, 2.24) is 4.72 Å². The molecular formula is C26H28N2O5S. The Morgan fingerprint density at radius 3 is 2.12 bits per heavy atom. The Kier molecular flexibility index (Phi) is 7.54. The summed E-state index contributed by atoms with van der Waals surface area (Å²) in [5.74, 6) is -1.09. The lowest BCUT2D eigenvalue weighted by molar-refractivity contribution is 0.0472. The molecular weight excluding hydrogens is 452 g/mol. The summed E-state index contributed by atoms with van der Waals surface area (Å²) in [4.78, 5) is 23.8. The van der Waals surface area contributed by atoms with E-state index in [0.717, 1.165) is 5.56 Å². The minimum absolute atomic E-state index is 0.00446. The third-order valence-corrected chi connectivity index (χ3v) is 6.69. The number of nitrogens with two attached hydrogens (primary N) is 1. The lowest BCUT2D eigenvalue weighted by atomic mass is 9.87. The van der Waals surface area contributed by atoms with Crippen LogP contribution in [0, 0.1) is 0 Å². The molecule has 8 heteroatoms. The van der Waals surface area contributed by atoms with E-state index in [2.05, 4.69) is 25.5 Å². The molecule has 0 aliphatic carbocycles. The van der Waals surface area contributed by atoms with Crippen molar-refractivity contribution < 1.29 is 22.7 Å². The molecule has 3 aromatic carbocycles. The Balaban J connectivity index is 1.57. The molecule has 0 saturated heterocycles. The van der Waals surface area contributed by atoms with E-state index in [4.69, 9.17) is 10.5 Å². The molecule has 0 saturated carbocycles. The molecule has 0 aromatic heterocycles. The lowest BCUT2D eigenvalue weighted by Crippen LogP contribution is -2.23. The quantitative estimate of drug-likeness (QED) is 0.474. The zero-order chi connectivity index (χ0) is 24.9. The Morgan fingerprint density at radius 1 is 0.882 bits per heavy atom. The number of carbonyl (C=O) groups is 2. The van der Waals surface area contributed by atoms with Crippen molar-refractivity contribution in [3.05, 3.63) is 101 Å². The fraction of sp³-hybridized carbons (Fsp3) is 0.231. The molecule has 0 aliphatic heterocycles. The highest BCUT2D eigenvalue weighted by atomic mass is 32.2. The Labute approximate surface area is 200 Å². The van der Waals surface area contributed by atoms with Gasteiger partial charge in [-0.2, -0.15) is 0 Å². The minimum atomic E-state index is -3.67. The number of primary amides is 1. The van der Waals surface area contributed by atoms with Crippen LogP contribution >= 0.6 is 0 Å². The summed E-state index contributed by atoms with van der Waals surface area (Å²) in [6, 6.07) is 19.9. The van der Waals surface area contributed by atoms with Gasteiger partial charge in [0.2, 0.25) is 15.9 Å². The van der Waals surface area contributed by atoms with Gasteiger partial charge in [-0.3, -0.25) is 4.79 Å². The van der Waals surface area contributed by atoms with E-state index >= 15 is 0 Å². The number of nitrogens with one attached hydrogen (secondary N) is 1. The van der Waals surface area contributed by atoms with E-state index in [1.165, 1.54) is 0 Å². The molecule has 0 heterocycles. The molecule has 3 N–H and O–H groups in total. The molecule has 178 valence electrons. The highest BCUT2D eigenvalue weighted by Gasteiger charge is 2.17. The molecule has 34 heavy (non-hydrogen) atoms. The molecule has 0 unspecified atom stereocenters. The number of carbonyl (C=O) groups excluding carboxylic acids is 2. The number of esters is 1. The van der Waals surface area contributed by atoms with Crippen molar-refractivity contribution in [3.63, 3.8) is 0 Å². The number of benzene rings is 3. The Morgan fingerprint density at radius 2 is 1.53 bits per heavy atom. The first-order valence-corrected chi connectivity index (χ1v) is 12.2. The third-order valence-electron chi connectivity index (χ3n) is 5.27. The zero-order valence-corrected chi connectivity index (χ0v) is 20.2. The Bertz CT molecular complexity index is 1280. The van der Waals surface area contributed by atoms with Crippen LogP contribution in [0.2, 0.25) is 0 Å². The van der Waals surface area contributed by atoms with Gasteiger partial charge in [-0.25, -0.2) is 17.9 Å². The average Bonchev–Trinajstić information content (AvgIpc) is 2.81. The smallest absolute Gasteiger partial charge is 0.338 e. The number of sulfonamides is 1. The number of hydrogen-bond donors (Lipinski definition) is 2. The van der Waals surface area contributed by atoms with Gasteiger partial charge >= 0.3 is 5.97 Å². The summed E-state index contributed by atoms with van der Waals surface area (Å²) in [7, 11) is -3.67. The standard InChI is InChI=1S/C26H28N2O5S/c1-26(2,3)22-11-13-23(14-12-22)34(31,32)28-16-18-7-9-20(10-8-18)25(30)33-17-19-5-4-6-21(15-19)24(27)29/h4-15,28H,16-17H2,1-3H3,(H2,27,29). The highest BCUT2D eigenvalue weighted by Crippen LogP contribution is 2.23. The van der Waals surface area contributed by atoms with E-state index in [1.54, 1.807) is 60.7 Å². The van der Waals surface area contributed by atoms with Crippen LogP contribution in [-0.2, 0) is 33.3 Å².